The summed E-state index contributed by atoms with van der Waals surface area (Å²) in [6, 6.07) is 0. The van der Waals surface area contributed by atoms with Crippen LogP contribution in [-0.2, 0) is 18.4 Å². The number of carboxylic acids is 1. The smallest absolute Gasteiger partial charge is 0.358 e. The molecule has 1 amide bonds. The van der Waals surface area contributed by atoms with Crippen LogP contribution in [0.4, 0.5) is 0 Å². The predicted octanol–water partition coefficient (Wildman–Crippen LogP) is -0.0970. The Balaban J connectivity index is 2.32. The third-order valence-electron chi connectivity index (χ3n) is 2.92. The molecule has 0 aromatic carbocycles. The number of carbonyl (C=O) groups is 2. The van der Waals surface area contributed by atoms with Crippen molar-refractivity contribution >= 4 is 11.9 Å². The van der Waals surface area contributed by atoms with Crippen LogP contribution in [0, 0.1) is 0 Å². The largest absolute Gasteiger partial charge is 0.476 e. The maximum Gasteiger partial charge on any atom is 0.358 e. The standard InChI is InChI=1S/C12H16N6O3/c1-3-14-9(19)4-5-18-11(8-6-13-7-17(8)2)10(12(20)21)15-16-18/h6-7H,3-5H2,1-2H3,(H,14,19)(H,20,21). The summed E-state index contributed by atoms with van der Waals surface area (Å²) in [4.78, 5) is 26.7. The van der Waals surface area contributed by atoms with E-state index in [2.05, 4.69) is 20.6 Å². The van der Waals surface area contributed by atoms with Crippen molar-refractivity contribution in [2.75, 3.05) is 6.54 Å². The molecule has 0 aliphatic heterocycles. The van der Waals surface area contributed by atoms with E-state index in [1.165, 1.54) is 10.9 Å². The summed E-state index contributed by atoms with van der Waals surface area (Å²) in [5, 5.41) is 19.4. The summed E-state index contributed by atoms with van der Waals surface area (Å²) in [6.45, 7) is 2.62. The number of amides is 1. The van der Waals surface area contributed by atoms with Gasteiger partial charge in [0.1, 0.15) is 5.69 Å². The fraction of sp³-hybridized carbons (Fsp3) is 0.417. The maximum absolute atomic E-state index is 11.5. The number of aromatic carboxylic acids is 1. The van der Waals surface area contributed by atoms with E-state index >= 15 is 0 Å². The van der Waals surface area contributed by atoms with Gasteiger partial charge in [0.05, 0.1) is 24.8 Å². The van der Waals surface area contributed by atoms with Crippen molar-refractivity contribution in [2.24, 2.45) is 7.05 Å². The van der Waals surface area contributed by atoms with Crippen LogP contribution in [0.25, 0.3) is 11.4 Å². The van der Waals surface area contributed by atoms with Crippen LogP contribution in [0.3, 0.4) is 0 Å². The molecule has 112 valence electrons. The number of nitrogens with zero attached hydrogens (tertiary/aromatic N) is 5. The Morgan fingerprint density at radius 3 is 2.76 bits per heavy atom. The second kappa shape index (κ2) is 6.16. The number of rotatable bonds is 6. The number of carbonyl (C=O) groups excluding carboxylic acids is 1. The van der Waals surface area contributed by atoms with Gasteiger partial charge in [-0.2, -0.15) is 0 Å². The van der Waals surface area contributed by atoms with E-state index < -0.39 is 5.97 Å². The minimum absolute atomic E-state index is 0.124. The van der Waals surface area contributed by atoms with Gasteiger partial charge in [-0.1, -0.05) is 5.21 Å². The fourth-order valence-electron chi connectivity index (χ4n) is 1.95. The van der Waals surface area contributed by atoms with Crippen LogP contribution in [0.5, 0.6) is 0 Å². The number of hydrogen-bond acceptors (Lipinski definition) is 5. The highest BCUT2D eigenvalue weighted by atomic mass is 16.4. The minimum atomic E-state index is -1.17. The van der Waals surface area contributed by atoms with Crippen molar-refractivity contribution in [3.05, 3.63) is 18.2 Å². The highest BCUT2D eigenvalue weighted by molar-refractivity contribution is 5.92. The summed E-state index contributed by atoms with van der Waals surface area (Å²) < 4.78 is 3.09. The molecule has 2 heterocycles. The Morgan fingerprint density at radius 2 is 2.19 bits per heavy atom. The van der Waals surface area contributed by atoms with Crippen molar-refractivity contribution in [3.63, 3.8) is 0 Å². The number of hydrogen-bond donors (Lipinski definition) is 2. The van der Waals surface area contributed by atoms with Gasteiger partial charge in [-0.15, -0.1) is 5.10 Å². The molecule has 0 atom stereocenters. The van der Waals surface area contributed by atoms with Crippen molar-refractivity contribution < 1.29 is 14.7 Å². The van der Waals surface area contributed by atoms with Crippen LogP contribution >= 0.6 is 0 Å². The van der Waals surface area contributed by atoms with Gasteiger partial charge in [-0.05, 0) is 6.92 Å². The Bertz CT molecular complexity index is 660. The second-order valence-electron chi connectivity index (χ2n) is 4.41. The first-order valence-electron chi connectivity index (χ1n) is 6.44. The summed E-state index contributed by atoms with van der Waals surface area (Å²) in [6.07, 6.45) is 3.29. The Hall–Kier alpha value is -2.71. The zero-order valence-electron chi connectivity index (χ0n) is 11.8. The minimum Gasteiger partial charge on any atom is -0.476 e. The summed E-state index contributed by atoms with van der Waals surface area (Å²) >= 11 is 0. The molecule has 0 spiro atoms. The third-order valence-corrected chi connectivity index (χ3v) is 2.92. The van der Waals surface area contributed by atoms with Crippen molar-refractivity contribution in [3.8, 4) is 11.4 Å². The fourth-order valence-corrected chi connectivity index (χ4v) is 1.95. The number of aromatic nitrogens is 5. The highest BCUT2D eigenvalue weighted by Crippen LogP contribution is 2.21. The molecule has 2 aromatic heterocycles. The lowest BCUT2D eigenvalue weighted by Gasteiger charge is -2.07. The number of carboxylic acid groups (broad SMARTS) is 1. The first-order valence-corrected chi connectivity index (χ1v) is 6.44. The molecule has 0 fully saturated rings. The molecular weight excluding hydrogens is 276 g/mol. The molecule has 0 saturated heterocycles. The molecule has 0 unspecified atom stereocenters. The van der Waals surface area contributed by atoms with Gasteiger partial charge < -0.3 is 15.0 Å². The van der Waals surface area contributed by atoms with E-state index in [4.69, 9.17) is 0 Å². The van der Waals surface area contributed by atoms with E-state index in [1.54, 1.807) is 17.9 Å². The topological polar surface area (TPSA) is 115 Å². The summed E-state index contributed by atoms with van der Waals surface area (Å²) in [7, 11) is 1.75. The molecule has 0 aliphatic carbocycles. The molecule has 2 rings (SSSR count). The van der Waals surface area contributed by atoms with Crippen LogP contribution in [0.1, 0.15) is 23.8 Å². The van der Waals surface area contributed by atoms with E-state index in [0.29, 0.717) is 17.9 Å². The van der Waals surface area contributed by atoms with Gasteiger partial charge in [0.25, 0.3) is 0 Å². The predicted molar refractivity (Wildman–Crippen MR) is 72.5 cm³/mol. The number of imidazole rings is 1. The molecular formula is C12H16N6O3. The van der Waals surface area contributed by atoms with Gasteiger partial charge in [0, 0.05) is 20.0 Å². The summed E-state index contributed by atoms with van der Waals surface area (Å²) in [5.74, 6) is -1.30. The Kier molecular flexibility index (Phi) is 4.31. The molecule has 21 heavy (non-hydrogen) atoms. The number of aryl methyl sites for hydroxylation is 2. The third kappa shape index (κ3) is 3.07. The number of nitrogens with one attached hydrogen (secondary N) is 1. The van der Waals surface area contributed by atoms with Gasteiger partial charge >= 0.3 is 5.97 Å². The van der Waals surface area contributed by atoms with Crippen molar-refractivity contribution in [1.82, 2.24) is 29.9 Å². The Labute approximate surface area is 120 Å². The van der Waals surface area contributed by atoms with Crippen molar-refractivity contribution in [1.29, 1.82) is 0 Å². The Morgan fingerprint density at radius 1 is 1.43 bits per heavy atom. The SMILES string of the molecule is CCNC(=O)CCn1nnc(C(=O)O)c1-c1cncn1C. The van der Waals surface area contributed by atoms with Gasteiger partial charge in [0.15, 0.2) is 5.69 Å². The monoisotopic (exact) mass is 292 g/mol. The van der Waals surface area contributed by atoms with Crippen LogP contribution in [0.15, 0.2) is 12.5 Å². The zero-order chi connectivity index (χ0) is 15.4. The normalized spacial score (nSPS) is 10.6. The van der Waals surface area contributed by atoms with E-state index in [9.17, 15) is 14.7 Å². The molecule has 2 N–H and O–H groups in total. The molecule has 0 radical (unpaired) electrons. The molecule has 9 heteroatoms. The molecule has 0 aliphatic rings. The molecule has 9 nitrogen and oxygen atoms in total. The highest BCUT2D eigenvalue weighted by Gasteiger charge is 2.22. The lowest BCUT2D eigenvalue weighted by Crippen LogP contribution is -2.24. The molecule has 0 saturated carbocycles. The van der Waals surface area contributed by atoms with Crippen LogP contribution in [-0.4, -0.2) is 48.1 Å². The quantitative estimate of drug-likeness (QED) is 0.768. The van der Waals surface area contributed by atoms with Gasteiger partial charge in [-0.3, -0.25) is 4.79 Å². The van der Waals surface area contributed by atoms with Crippen LogP contribution < -0.4 is 5.32 Å². The molecule has 0 bridgehead atoms. The first kappa shape index (κ1) is 14.7. The van der Waals surface area contributed by atoms with Crippen molar-refractivity contribution in [2.45, 2.75) is 19.9 Å². The van der Waals surface area contributed by atoms with E-state index in [1.807, 2.05) is 6.92 Å². The zero-order valence-corrected chi connectivity index (χ0v) is 11.8. The molecule has 2 aromatic rings. The van der Waals surface area contributed by atoms with Gasteiger partial charge in [-0.25, -0.2) is 14.5 Å². The average Bonchev–Trinajstić information content (AvgIpc) is 3.02. The van der Waals surface area contributed by atoms with E-state index in [0.717, 1.165) is 0 Å². The lowest BCUT2D eigenvalue weighted by molar-refractivity contribution is -0.121. The average molecular weight is 292 g/mol. The first-order chi connectivity index (χ1) is 10.0. The lowest BCUT2D eigenvalue weighted by atomic mass is 10.2. The van der Waals surface area contributed by atoms with E-state index in [-0.39, 0.29) is 24.6 Å². The van der Waals surface area contributed by atoms with Gasteiger partial charge in [0.2, 0.25) is 5.91 Å². The second-order valence-corrected chi connectivity index (χ2v) is 4.41. The van der Waals surface area contributed by atoms with Crippen LogP contribution in [0.2, 0.25) is 0 Å². The summed E-state index contributed by atoms with van der Waals surface area (Å²) in [5.41, 5.74) is 0.759. The maximum atomic E-state index is 11.5.